The highest BCUT2D eigenvalue weighted by Crippen LogP contribution is 2.36. The Kier molecular flexibility index (Phi) is 6.64. The summed E-state index contributed by atoms with van der Waals surface area (Å²) in [5, 5.41) is 4.48. The van der Waals surface area contributed by atoms with Gasteiger partial charge in [0.1, 0.15) is 0 Å². The Hall–Kier alpha value is -1.91. The van der Waals surface area contributed by atoms with Gasteiger partial charge in [-0.3, -0.25) is 0 Å². The molecule has 3 rings (SSSR count). The van der Waals surface area contributed by atoms with E-state index in [2.05, 4.69) is 93.6 Å². The SMILES string of the molecule is CCCc1cccc(P(c2ccccc2)c2ccccc2C)c1CCC. The zero-order valence-electron chi connectivity index (χ0n) is 16.2. The number of hydrogen-bond acceptors (Lipinski definition) is 0. The van der Waals surface area contributed by atoms with Crippen molar-refractivity contribution in [2.24, 2.45) is 0 Å². The smallest absolute Gasteiger partial charge is 0.0116 e. The van der Waals surface area contributed by atoms with Crippen molar-refractivity contribution >= 4 is 23.8 Å². The maximum absolute atomic E-state index is 2.38. The second-order valence-corrected chi connectivity index (χ2v) is 9.02. The fourth-order valence-electron chi connectivity index (χ4n) is 3.67. The molecule has 0 aliphatic heterocycles. The van der Waals surface area contributed by atoms with Gasteiger partial charge in [-0.15, -0.1) is 0 Å². The lowest BCUT2D eigenvalue weighted by molar-refractivity contribution is 0.866. The van der Waals surface area contributed by atoms with E-state index >= 15 is 0 Å². The lowest BCUT2D eigenvalue weighted by Crippen LogP contribution is -2.25. The largest absolute Gasteiger partial charge is 0.0651 e. The molecule has 0 heterocycles. The lowest BCUT2D eigenvalue weighted by atomic mass is 10.00. The van der Waals surface area contributed by atoms with Crippen molar-refractivity contribution in [3.8, 4) is 0 Å². The molecule has 0 N–H and O–H groups in total. The topological polar surface area (TPSA) is 0 Å². The molecule has 0 nitrogen and oxygen atoms in total. The number of hydrogen-bond donors (Lipinski definition) is 0. The highest BCUT2D eigenvalue weighted by atomic mass is 31.1. The highest BCUT2D eigenvalue weighted by Gasteiger charge is 2.21. The van der Waals surface area contributed by atoms with E-state index < -0.39 is 7.92 Å². The summed E-state index contributed by atoms with van der Waals surface area (Å²) in [7, 11) is -0.526. The van der Waals surface area contributed by atoms with Crippen molar-refractivity contribution in [1.29, 1.82) is 0 Å². The van der Waals surface area contributed by atoms with Crippen molar-refractivity contribution in [2.45, 2.75) is 46.5 Å². The molecule has 0 radical (unpaired) electrons. The molecule has 0 amide bonds. The van der Waals surface area contributed by atoms with Crippen LogP contribution in [0.25, 0.3) is 0 Å². The van der Waals surface area contributed by atoms with E-state index in [1.54, 1.807) is 16.4 Å². The molecule has 0 aromatic heterocycles. The van der Waals surface area contributed by atoms with Gasteiger partial charge in [0, 0.05) is 0 Å². The van der Waals surface area contributed by atoms with Crippen molar-refractivity contribution < 1.29 is 0 Å². The first-order valence-corrected chi connectivity index (χ1v) is 11.1. The molecule has 0 fully saturated rings. The number of rotatable bonds is 7. The van der Waals surface area contributed by atoms with Gasteiger partial charge in [0.2, 0.25) is 0 Å². The van der Waals surface area contributed by atoms with Gasteiger partial charge < -0.3 is 0 Å². The first-order valence-electron chi connectivity index (χ1n) is 9.77. The summed E-state index contributed by atoms with van der Waals surface area (Å²) in [4.78, 5) is 0. The third-order valence-electron chi connectivity index (χ3n) is 4.88. The summed E-state index contributed by atoms with van der Waals surface area (Å²) in [6.45, 7) is 6.83. The van der Waals surface area contributed by atoms with Crippen molar-refractivity contribution in [3.63, 3.8) is 0 Å². The van der Waals surface area contributed by atoms with Crippen LogP contribution in [0.2, 0.25) is 0 Å². The van der Waals surface area contributed by atoms with Gasteiger partial charge in [-0.2, -0.15) is 0 Å². The van der Waals surface area contributed by atoms with Gasteiger partial charge in [0.25, 0.3) is 0 Å². The Balaban J connectivity index is 2.23. The molecule has 3 aromatic rings. The van der Waals surface area contributed by atoms with Crippen LogP contribution in [0.3, 0.4) is 0 Å². The van der Waals surface area contributed by atoms with Crippen LogP contribution in [-0.4, -0.2) is 0 Å². The monoisotopic (exact) mass is 360 g/mol. The van der Waals surface area contributed by atoms with Gasteiger partial charge in [-0.25, -0.2) is 0 Å². The second kappa shape index (κ2) is 9.15. The van der Waals surface area contributed by atoms with Crippen LogP contribution in [0.1, 0.15) is 43.4 Å². The minimum absolute atomic E-state index is 0.526. The normalized spacial score (nSPS) is 12.1. The number of aryl methyl sites for hydroxylation is 2. The fourth-order valence-corrected chi connectivity index (χ4v) is 6.38. The van der Waals surface area contributed by atoms with Gasteiger partial charge >= 0.3 is 0 Å². The van der Waals surface area contributed by atoms with E-state index in [-0.39, 0.29) is 0 Å². The summed E-state index contributed by atoms with van der Waals surface area (Å²) >= 11 is 0. The quantitative estimate of drug-likeness (QED) is 0.477. The minimum atomic E-state index is -0.526. The lowest BCUT2D eigenvalue weighted by Gasteiger charge is -2.25. The molecule has 3 aromatic carbocycles. The Labute approximate surface area is 160 Å². The predicted molar refractivity (Wildman–Crippen MR) is 118 cm³/mol. The average Bonchev–Trinajstić information content (AvgIpc) is 2.67. The van der Waals surface area contributed by atoms with Gasteiger partial charge in [-0.05, 0) is 60.3 Å². The van der Waals surface area contributed by atoms with Gasteiger partial charge in [0.05, 0.1) is 0 Å². The molecular weight excluding hydrogens is 331 g/mol. The maximum atomic E-state index is 2.38. The molecule has 0 saturated heterocycles. The van der Waals surface area contributed by atoms with Crippen molar-refractivity contribution in [1.82, 2.24) is 0 Å². The summed E-state index contributed by atoms with van der Waals surface area (Å²) in [5.74, 6) is 0. The Morgan fingerprint density at radius 2 is 1.31 bits per heavy atom. The molecule has 0 aliphatic rings. The maximum Gasteiger partial charge on any atom is -0.0116 e. The standard InChI is InChI=1S/C25H29P/c1-4-12-21-15-11-19-25(23(21)13-5-2)26(22-16-7-6-8-17-22)24-18-10-9-14-20(24)3/h6-11,14-19H,4-5,12-13H2,1-3H3. The second-order valence-electron chi connectivity index (χ2n) is 6.87. The zero-order valence-corrected chi connectivity index (χ0v) is 17.1. The third-order valence-corrected chi connectivity index (χ3v) is 7.58. The van der Waals surface area contributed by atoms with Crippen molar-refractivity contribution in [2.75, 3.05) is 0 Å². The third kappa shape index (κ3) is 4.08. The molecule has 0 spiro atoms. The van der Waals surface area contributed by atoms with Gasteiger partial charge in [0.15, 0.2) is 0 Å². The van der Waals surface area contributed by atoms with Crippen LogP contribution >= 0.6 is 7.92 Å². The van der Waals surface area contributed by atoms with E-state index in [4.69, 9.17) is 0 Å². The first kappa shape index (κ1) is 18.9. The molecule has 1 heteroatoms. The first-order chi connectivity index (χ1) is 12.8. The number of benzene rings is 3. The van der Waals surface area contributed by atoms with Crippen LogP contribution in [0.4, 0.5) is 0 Å². The summed E-state index contributed by atoms with van der Waals surface area (Å²) in [5.41, 5.74) is 4.53. The predicted octanol–water partition coefficient (Wildman–Crippen LogP) is 5.66. The summed E-state index contributed by atoms with van der Waals surface area (Å²) in [6.07, 6.45) is 4.74. The Bertz CT molecular complexity index is 836. The van der Waals surface area contributed by atoms with E-state index in [1.165, 1.54) is 41.9 Å². The molecular formula is C25H29P. The van der Waals surface area contributed by atoms with Gasteiger partial charge in [-0.1, -0.05) is 99.5 Å². The van der Waals surface area contributed by atoms with Crippen LogP contribution in [0.15, 0.2) is 72.8 Å². The molecule has 1 atom stereocenters. The Morgan fingerprint density at radius 3 is 2.00 bits per heavy atom. The van der Waals surface area contributed by atoms with E-state index in [0.29, 0.717) is 0 Å². The molecule has 0 aliphatic carbocycles. The molecule has 26 heavy (non-hydrogen) atoms. The van der Waals surface area contributed by atoms with E-state index in [9.17, 15) is 0 Å². The van der Waals surface area contributed by atoms with Crippen LogP contribution in [0, 0.1) is 6.92 Å². The van der Waals surface area contributed by atoms with Crippen LogP contribution < -0.4 is 15.9 Å². The molecule has 1 unspecified atom stereocenters. The van der Waals surface area contributed by atoms with E-state index in [1.807, 2.05) is 0 Å². The molecule has 0 bridgehead atoms. The van der Waals surface area contributed by atoms with Crippen LogP contribution in [-0.2, 0) is 12.8 Å². The summed E-state index contributed by atoms with van der Waals surface area (Å²) < 4.78 is 0. The molecule has 0 saturated carbocycles. The fraction of sp³-hybridized carbons (Fsp3) is 0.280. The average molecular weight is 360 g/mol. The van der Waals surface area contributed by atoms with Crippen molar-refractivity contribution in [3.05, 3.63) is 89.5 Å². The minimum Gasteiger partial charge on any atom is -0.0651 e. The summed E-state index contributed by atoms with van der Waals surface area (Å²) in [6, 6.07) is 27.0. The molecule has 134 valence electrons. The highest BCUT2D eigenvalue weighted by molar-refractivity contribution is 7.80. The van der Waals surface area contributed by atoms with Crippen LogP contribution in [0.5, 0.6) is 0 Å². The van der Waals surface area contributed by atoms with E-state index in [0.717, 1.165) is 0 Å². The Morgan fingerprint density at radius 1 is 0.654 bits per heavy atom. The zero-order chi connectivity index (χ0) is 18.4.